The molecule has 0 saturated heterocycles. The minimum Gasteiger partial charge on any atom is -0.317 e. The highest BCUT2D eigenvalue weighted by Crippen LogP contribution is 2.36. The molecule has 0 fully saturated rings. The minimum absolute atomic E-state index is 0.202. The largest absolute Gasteiger partial charge is 0.317 e. The summed E-state index contributed by atoms with van der Waals surface area (Å²) in [6.07, 6.45) is 20.1. The monoisotopic (exact) mass is 389 g/mol. The molecule has 0 unspecified atom stereocenters. The van der Waals surface area contributed by atoms with Gasteiger partial charge < -0.3 is 4.90 Å². The van der Waals surface area contributed by atoms with Gasteiger partial charge in [0, 0.05) is 17.3 Å². The number of hydrogen-bond acceptors (Lipinski definition) is 1. The van der Waals surface area contributed by atoms with Crippen LogP contribution in [0.1, 0.15) is 48.5 Å². The van der Waals surface area contributed by atoms with E-state index in [1.54, 1.807) is 0 Å². The summed E-state index contributed by atoms with van der Waals surface area (Å²) in [6.45, 7) is 30.9. The summed E-state index contributed by atoms with van der Waals surface area (Å²) in [4.78, 5) is 2.13. The SMILES string of the molecule is C=C/C(C)=C\C=C\N(/C(C=C)=C/C=C(C)C)/C(C(=C)C)=C(\C=C)C(C)(C)/C=C\C. The molecule has 0 bridgehead atoms. The van der Waals surface area contributed by atoms with Gasteiger partial charge in [-0.05, 0) is 64.0 Å². The predicted octanol–water partition coefficient (Wildman–Crippen LogP) is 8.59. The Morgan fingerprint density at radius 3 is 1.90 bits per heavy atom. The van der Waals surface area contributed by atoms with Crippen LogP contribution in [0, 0.1) is 5.41 Å². The van der Waals surface area contributed by atoms with Crippen molar-refractivity contribution in [3.63, 3.8) is 0 Å². The predicted molar refractivity (Wildman–Crippen MR) is 133 cm³/mol. The van der Waals surface area contributed by atoms with Gasteiger partial charge in [-0.15, -0.1) is 0 Å². The Labute approximate surface area is 179 Å². The average Bonchev–Trinajstić information content (AvgIpc) is 2.64. The van der Waals surface area contributed by atoms with E-state index in [4.69, 9.17) is 0 Å². The maximum atomic E-state index is 4.28. The lowest BCUT2D eigenvalue weighted by molar-refractivity contribution is 0.533. The van der Waals surface area contributed by atoms with Crippen molar-refractivity contribution < 1.29 is 0 Å². The van der Waals surface area contributed by atoms with Gasteiger partial charge >= 0.3 is 0 Å². The van der Waals surface area contributed by atoms with Crippen molar-refractivity contribution in [2.75, 3.05) is 0 Å². The lowest BCUT2D eigenvalue weighted by Gasteiger charge is -2.33. The van der Waals surface area contributed by atoms with Crippen molar-refractivity contribution in [3.8, 4) is 0 Å². The van der Waals surface area contributed by atoms with Gasteiger partial charge in [0.1, 0.15) is 0 Å². The zero-order chi connectivity index (χ0) is 22.6. The van der Waals surface area contributed by atoms with Crippen molar-refractivity contribution >= 4 is 0 Å². The summed E-state index contributed by atoms with van der Waals surface area (Å²) in [5.74, 6) is 0. The van der Waals surface area contributed by atoms with Crippen LogP contribution >= 0.6 is 0 Å². The normalized spacial score (nSPS) is 13.9. The van der Waals surface area contributed by atoms with E-state index in [0.717, 1.165) is 28.1 Å². The first-order valence-corrected chi connectivity index (χ1v) is 9.97. The first-order chi connectivity index (χ1) is 13.5. The molecule has 0 N–H and O–H groups in total. The van der Waals surface area contributed by atoms with Crippen LogP contribution < -0.4 is 0 Å². The Morgan fingerprint density at radius 1 is 0.862 bits per heavy atom. The van der Waals surface area contributed by atoms with Crippen LogP contribution in [0.25, 0.3) is 0 Å². The molecule has 0 aliphatic carbocycles. The molecular weight excluding hydrogens is 350 g/mol. The zero-order valence-electron chi connectivity index (χ0n) is 19.5. The second-order valence-electron chi connectivity index (χ2n) is 7.83. The molecule has 0 rings (SSSR count). The van der Waals surface area contributed by atoms with Crippen molar-refractivity contribution in [3.05, 3.63) is 121 Å². The van der Waals surface area contributed by atoms with Gasteiger partial charge in [0.25, 0.3) is 0 Å². The molecule has 0 aliphatic heterocycles. The molecule has 29 heavy (non-hydrogen) atoms. The fourth-order valence-electron chi connectivity index (χ4n) is 2.87. The summed E-state index contributed by atoms with van der Waals surface area (Å²) in [6, 6.07) is 0. The standard InChI is InChI=1S/C28H39N/c1-12-20-28(10,11)26(15-4)27(23(7)8)29(21-16-17-24(9)13-2)25(14-3)19-18-22(5)6/h12-21H,2-4,7H2,1,5-6,8-11H3/b20-12-,21-16+,24-17-,25-19+,27-26+. The van der Waals surface area contributed by atoms with E-state index < -0.39 is 0 Å². The molecule has 1 heteroatoms. The summed E-state index contributed by atoms with van der Waals surface area (Å²) >= 11 is 0. The summed E-state index contributed by atoms with van der Waals surface area (Å²) in [5, 5.41) is 0. The Bertz CT molecular complexity index is 797. The van der Waals surface area contributed by atoms with Crippen molar-refractivity contribution in [1.29, 1.82) is 0 Å². The summed E-state index contributed by atoms with van der Waals surface area (Å²) < 4.78 is 0. The third kappa shape index (κ3) is 8.39. The fraction of sp³-hybridized carbons (Fsp3) is 0.286. The van der Waals surface area contributed by atoms with Gasteiger partial charge in [0.2, 0.25) is 0 Å². The molecule has 156 valence electrons. The van der Waals surface area contributed by atoms with Crippen LogP contribution in [0.5, 0.6) is 0 Å². The van der Waals surface area contributed by atoms with Crippen LogP contribution in [0.4, 0.5) is 0 Å². The van der Waals surface area contributed by atoms with E-state index >= 15 is 0 Å². The van der Waals surface area contributed by atoms with Gasteiger partial charge in [-0.25, -0.2) is 0 Å². The lowest BCUT2D eigenvalue weighted by atomic mass is 9.81. The average molecular weight is 390 g/mol. The highest BCUT2D eigenvalue weighted by molar-refractivity contribution is 5.46. The van der Waals surface area contributed by atoms with Gasteiger partial charge in [-0.2, -0.15) is 0 Å². The van der Waals surface area contributed by atoms with Crippen LogP contribution in [-0.4, -0.2) is 4.90 Å². The quantitative estimate of drug-likeness (QED) is 0.252. The Morgan fingerprint density at radius 2 is 1.48 bits per heavy atom. The highest BCUT2D eigenvalue weighted by Gasteiger charge is 2.25. The second kappa shape index (κ2) is 12.6. The van der Waals surface area contributed by atoms with Gasteiger partial charge in [0.15, 0.2) is 0 Å². The molecule has 1 nitrogen and oxygen atoms in total. The molecule has 0 aromatic rings. The Balaban J connectivity index is 7.03. The molecular formula is C28H39N. The van der Waals surface area contributed by atoms with Gasteiger partial charge in [-0.3, -0.25) is 0 Å². The maximum Gasteiger partial charge on any atom is 0.0519 e. The van der Waals surface area contributed by atoms with E-state index in [-0.39, 0.29) is 5.41 Å². The molecule has 0 aromatic carbocycles. The smallest absolute Gasteiger partial charge is 0.0519 e. The zero-order valence-corrected chi connectivity index (χ0v) is 19.5. The highest BCUT2D eigenvalue weighted by atomic mass is 15.1. The third-order valence-corrected chi connectivity index (χ3v) is 4.37. The third-order valence-electron chi connectivity index (χ3n) is 4.37. The van der Waals surface area contributed by atoms with Crippen molar-refractivity contribution in [2.24, 2.45) is 5.41 Å². The lowest BCUT2D eigenvalue weighted by Crippen LogP contribution is -2.22. The molecule has 0 atom stereocenters. The fourth-order valence-corrected chi connectivity index (χ4v) is 2.87. The van der Waals surface area contributed by atoms with E-state index in [2.05, 4.69) is 83.2 Å². The molecule has 0 amide bonds. The van der Waals surface area contributed by atoms with Crippen molar-refractivity contribution in [2.45, 2.75) is 48.5 Å². The van der Waals surface area contributed by atoms with Crippen LogP contribution in [0.3, 0.4) is 0 Å². The van der Waals surface area contributed by atoms with Crippen LogP contribution in [0.15, 0.2) is 121 Å². The molecule has 0 aromatic heterocycles. The maximum absolute atomic E-state index is 4.28. The van der Waals surface area contributed by atoms with Crippen LogP contribution in [0.2, 0.25) is 0 Å². The molecule has 0 radical (unpaired) electrons. The van der Waals surface area contributed by atoms with E-state index in [1.807, 2.05) is 57.4 Å². The molecule has 0 heterocycles. The van der Waals surface area contributed by atoms with Crippen molar-refractivity contribution in [1.82, 2.24) is 4.90 Å². The van der Waals surface area contributed by atoms with E-state index in [1.165, 1.54) is 5.57 Å². The number of hydrogen-bond donors (Lipinski definition) is 0. The molecule has 0 aliphatic rings. The molecule has 0 spiro atoms. The number of nitrogens with zero attached hydrogens (tertiary/aromatic N) is 1. The summed E-state index contributed by atoms with van der Waals surface area (Å²) in [5.41, 5.74) is 6.13. The topological polar surface area (TPSA) is 3.24 Å². The number of allylic oxidation sites excluding steroid dienone is 13. The minimum atomic E-state index is -0.202. The second-order valence-corrected chi connectivity index (χ2v) is 7.83. The van der Waals surface area contributed by atoms with Crippen LogP contribution in [-0.2, 0) is 0 Å². The number of rotatable bonds is 11. The van der Waals surface area contributed by atoms with Gasteiger partial charge in [0.05, 0.1) is 5.70 Å². The first kappa shape index (κ1) is 26.2. The Hall–Kier alpha value is -2.80. The van der Waals surface area contributed by atoms with E-state index in [9.17, 15) is 0 Å². The summed E-state index contributed by atoms with van der Waals surface area (Å²) in [7, 11) is 0. The first-order valence-electron chi connectivity index (χ1n) is 9.97. The van der Waals surface area contributed by atoms with E-state index in [0.29, 0.717) is 0 Å². The molecule has 0 saturated carbocycles. The van der Waals surface area contributed by atoms with Gasteiger partial charge in [-0.1, -0.05) is 87.8 Å². The Kier molecular flexibility index (Phi) is 11.4.